The Morgan fingerprint density at radius 2 is 1.96 bits per heavy atom. The summed E-state index contributed by atoms with van der Waals surface area (Å²) in [5.74, 6) is 0.291. The van der Waals surface area contributed by atoms with Gasteiger partial charge in [-0.2, -0.15) is 0 Å². The molecule has 0 bridgehead atoms. The van der Waals surface area contributed by atoms with Crippen LogP contribution in [0.4, 0.5) is 0 Å². The first-order valence-electron chi connectivity index (χ1n) is 7.54. The predicted octanol–water partition coefficient (Wildman–Crippen LogP) is 0.269. The molecule has 1 aromatic rings. The Hall–Kier alpha value is -2.45. The molecule has 0 radical (unpaired) electrons. The van der Waals surface area contributed by atoms with Crippen molar-refractivity contribution >= 4 is 35.2 Å². The Morgan fingerprint density at radius 3 is 2.58 bits per heavy atom. The van der Waals surface area contributed by atoms with Crippen molar-refractivity contribution in [3.63, 3.8) is 0 Å². The minimum Gasteiger partial charge on any atom is -0.484 e. The molecule has 0 aliphatic carbocycles. The maximum absolute atomic E-state index is 12.0. The lowest BCUT2D eigenvalue weighted by molar-refractivity contribution is -0.137. The highest BCUT2D eigenvalue weighted by Gasteiger charge is 2.20. The summed E-state index contributed by atoms with van der Waals surface area (Å²) in [4.78, 5) is 25.3. The molecule has 8 heteroatoms. The van der Waals surface area contributed by atoms with Crippen LogP contribution in [-0.4, -0.2) is 54.7 Å². The van der Waals surface area contributed by atoms with E-state index >= 15 is 0 Å². The molecular weight excluding hydrogens is 330 g/mol. The van der Waals surface area contributed by atoms with E-state index in [0.29, 0.717) is 42.9 Å². The van der Waals surface area contributed by atoms with Crippen molar-refractivity contribution in [3.8, 4) is 5.75 Å². The monoisotopic (exact) mass is 347 g/mol. The second-order valence-electron chi connectivity index (χ2n) is 5.32. The third kappa shape index (κ3) is 4.09. The first kappa shape index (κ1) is 16.4. The van der Waals surface area contributed by atoms with E-state index in [1.54, 1.807) is 35.2 Å². The van der Waals surface area contributed by atoms with Gasteiger partial charge in [0.1, 0.15) is 11.4 Å². The molecule has 2 N–H and O–H groups in total. The zero-order chi connectivity index (χ0) is 16.9. The van der Waals surface area contributed by atoms with Crippen LogP contribution < -0.4 is 15.4 Å². The number of hydrogen-bond donors (Lipinski definition) is 2. The van der Waals surface area contributed by atoms with Crippen molar-refractivity contribution in [1.82, 2.24) is 15.5 Å². The van der Waals surface area contributed by atoms with E-state index in [9.17, 15) is 9.59 Å². The average Bonchev–Trinajstić information content (AvgIpc) is 2.92. The van der Waals surface area contributed by atoms with Gasteiger partial charge in [0.05, 0.1) is 13.2 Å². The molecule has 0 unspecified atom stereocenters. The molecule has 0 spiro atoms. The molecule has 2 amide bonds. The van der Waals surface area contributed by atoms with E-state index in [2.05, 4.69) is 10.6 Å². The molecule has 3 rings (SSSR count). The van der Waals surface area contributed by atoms with E-state index in [-0.39, 0.29) is 18.4 Å². The Morgan fingerprint density at radius 1 is 1.25 bits per heavy atom. The van der Waals surface area contributed by atoms with E-state index in [1.807, 2.05) is 0 Å². The number of hydrogen-bond acceptors (Lipinski definition) is 5. The maximum Gasteiger partial charge on any atom is 0.273 e. The highest BCUT2D eigenvalue weighted by atomic mass is 32.1. The van der Waals surface area contributed by atoms with Crippen LogP contribution in [0.2, 0.25) is 0 Å². The highest BCUT2D eigenvalue weighted by Crippen LogP contribution is 2.15. The van der Waals surface area contributed by atoms with Gasteiger partial charge in [-0.25, -0.2) is 0 Å². The second kappa shape index (κ2) is 7.41. The Labute approximate surface area is 144 Å². The minimum atomic E-state index is -0.253. The quantitative estimate of drug-likeness (QED) is 0.601. The Balaban J connectivity index is 1.55. The standard InChI is InChI=1S/C16H17N3O4S/c20-14(19-5-7-22-8-6-19)10-23-12-3-1-11(2-4-12)9-13-15(21)18-16(24)17-13/h1-4,9H,5-8,10H2,(H2,17,18,21,24)/b13-9+. The third-order valence-corrected chi connectivity index (χ3v) is 3.84. The largest absolute Gasteiger partial charge is 0.484 e. The van der Waals surface area contributed by atoms with E-state index in [1.165, 1.54) is 0 Å². The molecule has 24 heavy (non-hydrogen) atoms. The van der Waals surface area contributed by atoms with Gasteiger partial charge in [-0.3, -0.25) is 14.9 Å². The first-order valence-corrected chi connectivity index (χ1v) is 7.95. The van der Waals surface area contributed by atoms with Gasteiger partial charge in [-0.1, -0.05) is 12.1 Å². The summed E-state index contributed by atoms with van der Waals surface area (Å²) in [6.07, 6.45) is 1.69. The van der Waals surface area contributed by atoms with Gasteiger partial charge in [-0.15, -0.1) is 0 Å². The molecule has 2 saturated heterocycles. The Bertz CT molecular complexity index is 681. The SMILES string of the molecule is O=C1NC(=S)N/C1=C/c1ccc(OCC(=O)N2CCOCC2)cc1. The van der Waals surface area contributed by atoms with Crippen LogP contribution in [0, 0.1) is 0 Å². The molecule has 7 nitrogen and oxygen atoms in total. The van der Waals surface area contributed by atoms with Crippen LogP contribution in [0.25, 0.3) is 6.08 Å². The van der Waals surface area contributed by atoms with Crippen LogP contribution in [0.1, 0.15) is 5.56 Å². The number of rotatable bonds is 4. The number of benzene rings is 1. The third-order valence-electron chi connectivity index (χ3n) is 3.64. The zero-order valence-corrected chi connectivity index (χ0v) is 13.7. The zero-order valence-electron chi connectivity index (χ0n) is 12.9. The van der Waals surface area contributed by atoms with Crippen molar-refractivity contribution < 1.29 is 19.1 Å². The number of morpholine rings is 1. The molecule has 2 aliphatic heterocycles. The Kier molecular flexibility index (Phi) is 5.07. The summed E-state index contributed by atoms with van der Waals surface area (Å²) in [6.45, 7) is 2.34. The topological polar surface area (TPSA) is 79.9 Å². The summed E-state index contributed by atoms with van der Waals surface area (Å²) < 4.78 is 10.7. The lowest BCUT2D eigenvalue weighted by Crippen LogP contribution is -2.42. The van der Waals surface area contributed by atoms with Crippen LogP contribution in [-0.2, 0) is 14.3 Å². The number of thiocarbonyl (C=S) groups is 1. The lowest BCUT2D eigenvalue weighted by atomic mass is 10.2. The number of ether oxygens (including phenoxy) is 2. The summed E-state index contributed by atoms with van der Waals surface area (Å²) in [6, 6.07) is 7.12. The van der Waals surface area contributed by atoms with Crippen molar-refractivity contribution in [2.24, 2.45) is 0 Å². The van der Waals surface area contributed by atoms with Crippen LogP contribution in [0.5, 0.6) is 5.75 Å². The van der Waals surface area contributed by atoms with Crippen molar-refractivity contribution in [1.29, 1.82) is 0 Å². The fraction of sp³-hybridized carbons (Fsp3) is 0.312. The molecular formula is C16H17N3O4S. The second-order valence-corrected chi connectivity index (χ2v) is 5.73. The van der Waals surface area contributed by atoms with E-state index in [0.717, 1.165) is 5.56 Å². The molecule has 0 aromatic heterocycles. The van der Waals surface area contributed by atoms with Gasteiger partial charge in [0.15, 0.2) is 11.7 Å². The smallest absolute Gasteiger partial charge is 0.273 e. The minimum absolute atomic E-state index is 0.00132. The van der Waals surface area contributed by atoms with Gasteiger partial charge >= 0.3 is 0 Å². The molecule has 2 heterocycles. The fourth-order valence-electron chi connectivity index (χ4n) is 2.36. The highest BCUT2D eigenvalue weighted by molar-refractivity contribution is 7.80. The van der Waals surface area contributed by atoms with Crippen molar-refractivity contribution in [2.75, 3.05) is 32.9 Å². The van der Waals surface area contributed by atoms with Crippen LogP contribution >= 0.6 is 12.2 Å². The number of nitrogens with one attached hydrogen (secondary N) is 2. The van der Waals surface area contributed by atoms with Gasteiger partial charge in [-0.05, 0) is 36.0 Å². The number of nitrogens with zero attached hydrogens (tertiary/aromatic N) is 1. The van der Waals surface area contributed by atoms with Gasteiger partial charge in [0, 0.05) is 13.1 Å². The van der Waals surface area contributed by atoms with Gasteiger partial charge in [0.2, 0.25) is 0 Å². The maximum atomic E-state index is 12.0. The van der Waals surface area contributed by atoms with E-state index < -0.39 is 0 Å². The van der Waals surface area contributed by atoms with Crippen molar-refractivity contribution in [2.45, 2.75) is 0 Å². The predicted molar refractivity (Wildman–Crippen MR) is 91.2 cm³/mol. The van der Waals surface area contributed by atoms with Gasteiger partial charge in [0.25, 0.3) is 11.8 Å². The summed E-state index contributed by atoms with van der Waals surface area (Å²) in [7, 11) is 0. The molecule has 2 fully saturated rings. The lowest BCUT2D eigenvalue weighted by Gasteiger charge is -2.26. The summed E-state index contributed by atoms with van der Waals surface area (Å²) in [5.41, 5.74) is 1.22. The fourth-order valence-corrected chi connectivity index (χ4v) is 2.56. The normalized spacial score (nSPS) is 19.2. The van der Waals surface area contributed by atoms with Crippen molar-refractivity contribution in [3.05, 3.63) is 35.5 Å². The number of carbonyl (C=O) groups is 2. The number of amides is 2. The molecule has 2 aliphatic rings. The first-order chi connectivity index (χ1) is 11.6. The van der Waals surface area contributed by atoms with Crippen LogP contribution in [0.15, 0.2) is 30.0 Å². The van der Waals surface area contributed by atoms with Gasteiger partial charge < -0.3 is 19.7 Å². The summed E-state index contributed by atoms with van der Waals surface area (Å²) >= 11 is 4.88. The molecule has 0 atom stereocenters. The molecule has 0 saturated carbocycles. The molecule has 1 aromatic carbocycles. The van der Waals surface area contributed by atoms with Crippen LogP contribution in [0.3, 0.4) is 0 Å². The van der Waals surface area contributed by atoms with E-state index in [4.69, 9.17) is 21.7 Å². The molecule has 126 valence electrons. The number of carbonyl (C=O) groups excluding carboxylic acids is 2. The average molecular weight is 347 g/mol. The summed E-state index contributed by atoms with van der Waals surface area (Å²) in [5, 5.41) is 5.58.